The Bertz CT molecular complexity index is 710. The summed E-state index contributed by atoms with van der Waals surface area (Å²) in [4.78, 5) is 0. The van der Waals surface area contributed by atoms with E-state index >= 15 is 0 Å². The Kier molecular flexibility index (Phi) is 3.38. The van der Waals surface area contributed by atoms with Crippen LogP contribution < -0.4 is 4.72 Å². The Morgan fingerprint density at radius 1 is 1.47 bits per heavy atom. The Morgan fingerprint density at radius 2 is 2.16 bits per heavy atom. The van der Waals surface area contributed by atoms with Crippen LogP contribution in [0.2, 0.25) is 5.02 Å². The molecule has 0 unspecified atom stereocenters. The molecule has 2 N–H and O–H groups in total. The van der Waals surface area contributed by atoms with Gasteiger partial charge in [0, 0.05) is 13.1 Å². The molecule has 0 aliphatic rings. The fraction of sp³-hybridized carbons (Fsp3) is 0.100. The van der Waals surface area contributed by atoms with Crippen molar-refractivity contribution < 1.29 is 17.9 Å². The number of benzene rings is 1. The van der Waals surface area contributed by atoms with Crippen LogP contribution in [0.5, 0.6) is 5.75 Å². The topological polar surface area (TPSA) is 84.2 Å². The summed E-state index contributed by atoms with van der Waals surface area (Å²) in [5.41, 5.74) is -0.154. The standard InChI is InChI=1S/C10H9ClFN3O3S/c1-15-10(7(11)5-13-15)19(17,18)14-8-3-2-6(12)4-9(8)16/h2-5,14,16H,1H3. The summed E-state index contributed by atoms with van der Waals surface area (Å²) in [7, 11) is -2.62. The zero-order valence-electron chi connectivity index (χ0n) is 9.63. The number of anilines is 1. The number of hydrogen-bond acceptors (Lipinski definition) is 4. The quantitative estimate of drug-likeness (QED) is 0.846. The van der Waals surface area contributed by atoms with Crippen molar-refractivity contribution in [1.82, 2.24) is 9.78 Å². The van der Waals surface area contributed by atoms with Crippen molar-refractivity contribution >= 4 is 27.3 Å². The van der Waals surface area contributed by atoms with Crippen molar-refractivity contribution in [2.75, 3.05) is 4.72 Å². The third-order valence-electron chi connectivity index (χ3n) is 2.30. The molecule has 0 amide bonds. The minimum absolute atomic E-state index is 0.0587. The summed E-state index contributed by atoms with van der Waals surface area (Å²) in [6.07, 6.45) is 1.18. The number of aryl methyl sites for hydroxylation is 1. The lowest BCUT2D eigenvalue weighted by Crippen LogP contribution is -2.17. The average molecular weight is 306 g/mol. The molecular formula is C10H9ClFN3O3S. The third kappa shape index (κ3) is 2.64. The molecule has 19 heavy (non-hydrogen) atoms. The smallest absolute Gasteiger partial charge is 0.280 e. The van der Waals surface area contributed by atoms with Gasteiger partial charge in [0.05, 0.1) is 16.9 Å². The van der Waals surface area contributed by atoms with E-state index in [0.29, 0.717) is 0 Å². The van der Waals surface area contributed by atoms with Gasteiger partial charge in [-0.15, -0.1) is 0 Å². The number of phenols is 1. The lowest BCUT2D eigenvalue weighted by atomic mass is 10.3. The highest BCUT2D eigenvalue weighted by atomic mass is 35.5. The van der Waals surface area contributed by atoms with Crippen LogP contribution in [-0.4, -0.2) is 23.3 Å². The van der Waals surface area contributed by atoms with E-state index in [0.717, 1.165) is 22.9 Å². The van der Waals surface area contributed by atoms with Gasteiger partial charge in [0.2, 0.25) is 0 Å². The number of hydrogen-bond donors (Lipinski definition) is 2. The van der Waals surface area contributed by atoms with Crippen LogP contribution in [0.15, 0.2) is 29.4 Å². The molecule has 0 atom stereocenters. The first-order valence-corrected chi connectivity index (χ1v) is 6.86. The molecule has 6 nitrogen and oxygen atoms in total. The Labute approximate surface area is 113 Å². The van der Waals surface area contributed by atoms with Crippen LogP contribution >= 0.6 is 11.6 Å². The van der Waals surface area contributed by atoms with Crippen molar-refractivity contribution in [2.45, 2.75) is 5.03 Å². The fourth-order valence-electron chi connectivity index (χ4n) is 1.49. The first-order chi connectivity index (χ1) is 8.81. The van der Waals surface area contributed by atoms with Crippen LogP contribution in [0.25, 0.3) is 0 Å². The van der Waals surface area contributed by atoms with Gasteiger partial charge < -0.3 is 5.11 Å². The van der Waals surface area contributed by atoms with Gasteiger partial charge in [0.1, 0.15) is 11.6 Å². The maximum absolute atomic E-state index is 12.8. The molecule has 0 saturated carbocycles. The summed E-state index contributed by atoms with van der Waals surface area (Å²) in [5, 5.41) is 12.9. The predicted molar refractivity (Wildman–Crippen MR) is 67.1 cm³/mol. The van der Waals surface area contributed by atoms with Gasteiger partial charge in [-0.3, -0.25) is 9.40 Å². The van der Waals surface area contributed by atoms with Crippen molar-refractivity contribution in [1.29, 1.82) is 0 Å². The molecule has 0 fully saturated rings. The Morgan fingerprint density at radius 3 is 2.68 bits per heavy atom. The van der Waals surface area contributed by atoms with Gasteiger partial charge in [-0.2, -0.15) is 13.5 Å². The fourth-order valence-corrected chi connectivity index (χ4v) is 3.22. The van der Waals surface area contributed by atoms with Crippen molar-refractivity contribution in [3.63, 3.8) is 0 Å². The number of phenolic OH excluding ortho intramolecular Hbond substituents is 1. The Balaban J connectivity index is 2.42. The second-order valence-corrected chi connectivity index (χ2v) is 5.69. The summed E-state index contributed by atoms with van der Waals surface area (Å²) in [6, 6.07) is 2.91. The number of nitrogens with zero attached hydrogens (tertiary/aromatic N) is 2. The van der Waals surface area contributed by atoms with Gasteiger partial charge in [-0.1, -0.05) is 11.6 Å². The second-order valence-electron chi connectivity index (χ2n) is 3.69. The zero-order valence-corrected chi connectivity index (χ0v) is 11.2. The number of nitrogens with one attached hydrogen (secondary N) is 1. The second kappa shape index (κ2) is 4.71. The van der Waals surface area contributed by atoms with Crippen molar-refractivity contribution in [3.8, 4) is 5.75 Å². The van der Waals surface area contributed by atoms with Crippen LogP contribution in [0.3, 0.4) is 0 Å². The van der Waals surface area contributed by atoms with Gasteiger partial charge in [-0.25, -0.2) is 4.39 Å². The molecule has 0 radical (unpaired) electrons. The molecule has 0 spiro atoms. The van der Waals surface area contributed by atoms with Gasteiger partial charge in [0.15, 0.2) is 5.03 Å². The van der Waals surface area contributed by atoms with E-state index in [1.165, 1.54) is 13.2 Å². The molecule has 1 heterocycles. The molecular weight excluding hydrogens is 297 g/mol. The molecule has 0 aliphatic carbocycles. The van der Waals surface area contributed by atoms with E-state index < -0.39 is 21.6 Å². The van der Waals surface area contributed by atoms with E-state index in [9.17, 15) is 17.9 Å². The molecule has 2 rings (SSSR count). The van der Waals surface area contributed by atoms with Gasteiger partial charge in [0.25, 0.3) is 10.0 Å². The normalized spacial score (nSPS) is 11.5. The molecule has 102 valence electrons. The molecule has 9 heteroatoms. The third-order valence-corrected chi connectivity index (χ3v) is 4.17. The molecule has 2 aromatic rings. The molecule has 0 bridgehead atoms. The highest BCUT2D eigenvalue weighted by Crippen LogP contribution is 2.28. The van der Waals surface area contributed by atoms with Crippen LogP contribution in [-0.2, 0) is 17.1 Å². The summed E-state index contributed by atoms with van der Waals surface area (Å²) in [6.45, 7) is 0. The SMILES string of the molecule is Cn1ncc(Cl)c1S(=O)(=O)Nc1ccc(F)cc1O. The molecule has 1 aromatic heterocycles. The first kappa shape index (κ1) is 13.6. The molecule has 0 aliphatic heterocycles. The van der Waals surface area contributed by atoms with Crippen LogP contribution in [0.1, 0.15) is 0 Å². The van der Waals surface area contributed by atoms with E-state index in [1.807, 2.05) is 0 Å². The maximum atomic E-state index is 12.8. The molecule has 0 saturated heterocycles. The van der Waals surface area contributed by atoms with Gasteiger partial charge in [-0.05, 0) is 12.1 Å². The average Bonchev–Trinajstić information content (AvgIpc) is 2.63. The van der Waals surface area contributed by atoms with Gasteiger partial charge >= 0.3 is 0 Å². The minimum atomic E-state index is -4.03. The van der Waals surface area contributed by atoms with E-state index in [2.05, 4.69) is 9.82 Å². The van der Waals surface area contributed by atoms with E-state index in [1.54, 1.807) is 0 Å². The molecule has 1 aromatic carbocycles. The number of sulfonamides is 1. The Hall–Kier alpha value is -1.80. The largest absolute Gasteiger partial charge is 0.506 e. The van der Waals surface area contributed by atoms with E-state index in [4.69, 9.17) is 11.6 Å². The minimum Gasteiger partial charge on any atom is -0.506 e. The van der Waals surface area contributed by atoms with Crippen molar-refractivity contribution in [3.05, 3.63) is 35.2 Å². The predicted octanol–water partition coefficient (Wildman–Crippen LogP) is 1.72. The van der Waals surface area contributed by atoms with Crippen LogP contribution in [0, 0.1) is 5.82 Å². The van der Waals surface area contributed by atoms with Crippen LogP contribution in [0.4, 0.5) is 10.1 Å². The number of rotatable bonds is 3. The highest BCUT2D eigenvalue weighted by Gasteiger charge is 2.23. The monoisotopic (exact) mass is 305 g/mol. The zero-order chi connectivity index (χ0) is 14.2. The summed E-state index contributed by atoms with van der Waals surface area (Å²) >= 11 is 5.74. The lowest BCUT2D eigenvalue weighted by Gasteiger charge is -2.10. The number of halogens is 2. The summed E-state index contributed by atoms with van der Waals surface area (Å²) < 4.78 is 40.2. The summed E-state index contributed by atoms with van der Waals surface area (Å²) in [5.74, 6) is -1.21. The lowest BCUT2D eigenvalue weighted by molar-refractivity contribution is 0.471. The maximum Gasteiger partial charge on any atom is 0.280 e. The first-order valence-electron chi connectivity index (χ1n) is 5.00. The number of aromatic nitrogens is 2. The number of aromatic hydroxyl groups is 1. The van der Waals surface area contributed by atoms with E-state index in [-0.39, 0.29) is 15.7 Å². The highest BCUT2D eigenvalue weighted by molar-refractivity contribution is 7.92. The van der Waals surface area contributed by atoms with Crippen molar-refractivity contribution in [2.24, 2.45) is 7.05 Å².